The molecule has 2 N–H and O–H groups in total. The molecule has 1 atom stereocenters. The lowest BCUT2D eigenvalue weighted by Gasteiger charge is -2.25. The smallest absolute Gasteiger partial charge is 0.253 e. The molecule has 0 aliphatic carbocycles. The largest absolute Gasteiger partial charge is 0.399 e. The third kappa shape index (κ3) is 4.26. The standard InChI is InChI=1S/C14H22N2OS/c1-4-18-9-8-11(2)16(3)14(17)12-6-5-7-13(15)10-12/h5-7,10-11H,4,8-9,15H2,1-3H3. The van der Waals surface area contributed by atoms with E-state index < -0.39 is 0 Å². The topological polar surface area (TPSA) is 46.3 Å². The van der Waals surface area contributed by atoms with Crippen LogP contribution in [0, 0.1) is 0 Å². The van der Waals surface area contributed by atoms with Gasteiger partial charge in [0.15, 0.2) is 0 Å². The summed E-state index contributed by atoms with van der Waals surface area (Å²) in [7, 11) is 1.85. The summed E-state index contributed by atoms with van der Waals surface area (Å²) in [6, 6.07) is 7.39. The lowest BCUT2D eigenvalue weighted by Crippen LogP contribution is -2.35. The van der Waals surface area contributed by atoms with E-state index in [2.05, 4.69) is 13.8 Å². The number of rotatable bonds is 6. The molecule has 1 rings (SSSR count). The van der Waals surface area contributed by atoms with Crippen LogP contribution in [0.15, 0.2) is 24.3 Å². The molecular formula is C14H22N2OS. The van der Waals surface area contributed by atoms with Gasteiger partial charge in [-0.15, -0.1) is 0 Å². The van der Waals surface area contributed by atoms with Crippen molar-refractivity contribution < 1.29 is 4.79 Å². The first-order chi connectivity index (χ1) is 8.56. The fourth-order valence-corrected chi connectivity index (χ4v) is 2.46. The first-order valence-electron chi connectivity index (χ1n) is 6.26. The van der Waals surface area contributed by atoms with Crippen LogP contribution in [-0.2, 0) is 0 Å². The molecule has 0 aromatic heterocycles. The lowest BCUT2D eigenvalue weighted by molar-refractivity contribution is 0.0741. The summed E-state index contributed by atoms with van der Waals surface area (Å²) in [5.74, 6) is 2.25. The number of carbonyl (C=O) groups excluding carboxylic acids is 1. The van der Waals surface area contributed by atoms with Crippen LogP contribution in [0.25, 0.3) is 0 Å². The molecule has 1 aromatic rings. The fourth-order valence-electron chi connectivity index (χ4n) is 1.67. The minimum absolute atomic E-state index is 0.0382. The van der Waals surface area contributed by atoms with Crippen molar-refractivity contribution in [2.75, 3.05) is 24.3 Å². The quantitative estimate of drug-likeness (QED) is 0.636. The highest BCUT2D eigenvalue weighted by atomic mass is 32.2. The Bertz CT molecular complexity index is 395. The maximum Gasteiger partial charge on any atom is 0.253 e. The summed E-state index contributed by atoms with van der Waals surface area (Å²) in [5.41, 5.74) is 6.98. The molecule has 0 aliphatic heterocycles. The van der Waals surface area contributed by atoms with Crippen molar-refractivity contribution >= 4 is 23.4 Å². The molecule has 3 nitrogen and oxygen atoms in total. The molecule has 0 saturated heterocycles. The summed E-state index contributed by atoms with van der Waals surface area (Å²) in [6.07, 6.45) is 1.02. The molecule has 0 fully saturated rings. The van der Waals surface area contributed by atoms with E-state index in [1.54, 1.807) is 17.0 Å². The maximum atomic E-state index is 12.2. The predicted molar refractivity (Wildman–Crippen MR) is 80.0 cm³/mol. The summed E-state index contributed by atoms with van der Waals surface area (Å²) in [4.78, 5) is 14.0. The van der Waals surface area contributed by atoms with Crippen LogP contribution in [-0.4, -0.2) is 35.4 Å². The molecule has 0 heterocycles. The van der Waals surface area contributed by atoms with Gasteiger partial charge in [0.1, 0.15) is 0 Å². The van der Waals surface area contributed by atoms with Crippen LogP contribution in [0.3, 0.4) is 0 Å². The molecule has 0 radical (unpaired) electrons. The van der Waals surface area contributed by atoms with Crippen LogP contribution in [0.4, 0.5) is 5.69 Å². The number of carbonyl (C=O) groups is 1. The molecule has 0 aliphatic rings. The number of nitrogens with zero attached hydrogens (tertiary/aromatic N) is 1. The Morgan fingerprint density at radius 3 is 2.83 bits per heavy atom. The average Bonchev–Trinajstić information content (AvgIpc) is 2.37. The van der Waals surface area contributed by atoms with E-state index >= 15 is 0 Å². The van der Waals surface area contributed by atoms with Gasteiger partial charge in [-0.25, -0.2) is 0 Å². The van der Waals surface area contributed by atoms with Gasteiger partial charge in [0.2, 0.25) is 0 Å². The molecule has 0 spiro atoms. The summed E-state index contributed by atoms with van der Waals surface area (Å²) < 4.78 is 0. The first-order valence-corrected chi connectivity index (χ1v) is 7.42. The van der Waals surface area contributed by atoms with E-state index in [1.165, 1.54) is 0 Å². The zero-order valence-corrected chi connectivity index (χ0v) is 12.2. The second kappa shape index (κ2) is 7.31. The van der Waals surface area contributed by atoms with Gasteiger partial charge in [-0.2, -0.15) is 11.8 Å². The van der Waals surface area contributed by atoms with Gasteiger partial charge in [-0.3, -0.25) is 4.79 Å². The van der Waals surface area contributed by atoms with Crippen molar-refractivity contribution in [1.82, 2.24) is 4.90 Å². The van der Waals surface area contributed by atoms with E-state index in [9.17, 15) is 4.79 Å². The van der Waals surface area contributed by atoms with Crippen molar-refractivity contribution in [1.29, 1.82) is 0 Å². The summed E-state index contributed by atoms with van der Waals surface area (Å²) in [5, 5.41) is 0. The number of nitrogens with two attached hydrogens (primary N) is 1. The number of hydrogen-bond acceptors (Lipinski definition) is 3. The van der Waals surface area contributed by atoms with Crippen LogP contribution >= 0.6 is 11.8 Å². The average molecular weight is 266 g/mol. The van der Waals surface area contributed by atoms with Crippen LogP contribution in [0.1, 0.15) is 30.6 Å². The van der Waals surface area contributed by atoms with Gasteiger partial charge in [0.25, 0.3) is 5.91 Å². The number of hydrogen-bond donors (Lipinski definition) is 1. The molecule has 18 heavy (non-hydrogen) atoms. The van der Waals surface area contributed by atoms with Gasteiger partial charge in [0.05, 0.1) is 0 Å². The highest BCUT2D eigenvalue weighted by Gasteiger charge is 2.17. The zero-order chi connectivity index (χ0) is 13.5. The highest BCUT2D eigenvalue weighted by molar-refractivity contribution is 7.99. The van der Waals surface area contributed by atoms with Crippen molar-refractivity contribution in [3.8, 4) is 0 Å². The van der Waals surface area contributed by atoms with Gasteiger partial charge in [0, 0.05) is 24.3 Å². The molecule has 0 saturated carbocycles. The van der Waals surface area contributed by atoms with Gasteiger partial charge < -0.3 is 10.6 Å². The second-order valence-electron chi connectivity index (χ2n) is 4.38. The normalized spacial score (nSPS) is 12.2. The predicted octanol–water partition coefficient (Wildman–Crippen LogP) is 2.87. The van der Waals surface area contributed by atoms with Gasteiger partial charge >= 0.3 is 0 Å². The zero-order valence-electron chi connectivity index (χ0n) is 11.3. The summed E-state index contributed by atoms with van der Waals surface area (Å²) in [6.45, 7) is 4.23. The molecule has 1 unspecified atom stereocenters. The van der Waals surface area contributed by atoms with Crippen LogP contribution in [0.2, 0.25) is 0 Å². The third-order valence-corrected chi connectivity index (χ3v) is 3.93. The summed E-state index contributed by atoms with van der Waals surface area (Å²) >= 11 is 1.91. The monoisotopic (exact) mass is 266 g/mol. The number of benzene rings is 1. The van der Waals surface area contributed by atoms with E-state index in [0.717, 1.165) is 17.9 Å². The Balaban J connectivity index is 2.60. The molecule has 100 valence electrons. The molecule has 1 aromatic carbocycles. The van der Waals surface area contributed by atoms with Crippen molar-refractivity contribution in [3.05, 3.63) is 29.8 Å². The minimum Gasteiger partial charge on any atom is -0.399 e. The van der Waals surface area contributed by atoms with E-state index in [-0.39, 0.29) is 11.9 Å². The Morgan fingerprint density at radius 2 is 2.22 bits per heavy atom. The number of nitrogen functional groups attached to an aromatic ring is 1. The lowest BCUT2D eigenvalue weighted by atomic mass is 10.1. The van der Waals surface area contributed by atoms with E-state index in [0.29, 0.717) is 11.3 Å². The Hall–Kier alpha value is -1.16. The Kier molecular flexibility index (Phi) is 6.05. The van der Waals surface area contributed by atoms with Crippen molar-refractivity contribution in [3.63, 3.8) is 0 Å². The van der Waals surface area contributed by atoms with E-state index in [4.69, 9.17) is 5.73 Å². The first kappa shape index (κ1) is 14.9. The number of amides is 1. The SMILES string of the molecule is CCSCCC(C)N(C)C(=O)c1cccc(N)c1. The number of thioether (sulfide) groups is 1. The molecule has 0 bridgehead atoms. The fraction of sp³-hybridized carbons (Fsp3) is 0.500. The Morgan fingerprint density at radius 1 is 1.50 bits per heavy atom. The van der Waals surface area contributed by atoms with E-state index in [1.807, 2.05) is 30.9 Å². The number of anilines is 1. The van der Waals surface area contributed by atoms with Gasteiger partial charge in [-0.05, 0) is 43.0 Å². The Labute approximate surface area is 114 Å². The van der Waals surface area contributed by atoms with Crippen molar-refractivity contribution in [2.45, 2.75) is 26.3 Å². The van der Waals surface area contributed by atoms with Crippen molar-refractivity contribution in [2.24, 2.45) is 0 Å². The molecular weight excluding hydrogens is 244 g/mol. The van der Waals surface area contributed by atoms with Gasteiger partial charge in [-0.1, -0.05) is 13.0 Å². The highest BCUT2D eigenvalue weighted by Crippen LogP contribution is 2.13. The van der Waals surface area contributed by atoms with Crippen LogP contribution in [0.5, 0.6) is 0 Å². The minimum atomic E-state index is 0.0382. The molecule has 1 amide bonds. The molecule has 4 heteroatoms. The van der Waals surface area contributed by atoms with Crippen LogP contribution < -0.4 is 5.73 Å². The second-order valence-corrected chi connectivity index (χ2v) is 5.77. The maximum absolute atomic E-state index is 12.2. The third-order valence-electron chi connectivity index (χ3n) is 3.00.